The highest BCUT2D eigenvalue weighted by molar-refractivity contribution is 9.10. The quantitative estimate of drug-likeness (QED) is 0.912. The molecule has 1 N–H and O–H groups in total. The average Bonchev–Trinajstić information content (AvgIpc) is 3.17. The van der Waals surface area contributed by atoms with Crippen LogP contribution in [0.4, 0.5) is 0 Å². The number of likely N-dealkylation sites (tertiary alicyclic amines) is 1. The summed E-state index contributed by atoms with van der Waals surface area (Å²) in [5.74, 6) is 0.171. The molecule has 3 rings (SSSR count). The van der Waals surface area contributed by atoms with Gasteiger partial charge < -0.3 is 10.2 Å². The Hall–Kier alpha value is -1.36. The van der Waals surface area contributed by atoms with E-state index in [9.17, 15) is 9.59 Å². The predicted octanol–water partition coefficient (Wildman–Crippen LogP) is 1.87. The van der Waals surface area contributed by atoms with Crippen molar-refractivity contribution < 1.29 is 9.59 Å². The summed E-state index contributed by atoms with van der Waals surface area (Å²) in [6.45, 7) is 0.676. The lowest BCUT2D eigenvalue weighted by Crippen LogP contribution is -2.38. The molecule has 1 unspecified atom stereocenters. The van der Waals surface area contributed by atoms with E-state index in [2.05, 4.69) is 21.2 Å². The Morgan fingerprint density at radius 1 is 1.30 bits per heavy atom. The van der Waals surface area contributed by atoms with Crippen LogP contribution in [0.2, 0.25) is 0 Å². The van der Waals surface area contributed by atoms with Gasteiger partial charge in [0.15, 0.2) is 0 Å². The number of carbonyl (C=O) groups is 2. The van der Waals surface area contributed by atoms with Crippen molar-refractivity contribution >= 4 is 27.7 Å². The molecule has 1 saturated carbocycles. The van der Waals surface area contributed by atoms with Gasteiger partial charge in [-0.2, -0.15) is 0 Å². The number of carbonyl (C=O) groups excluding carboxylic acids is 2. The van der Waals surface area contributed by atoms with E-state index in [1.807, 2.05) is 29.2 Å². The van der Waals surface area contributed by atoms with Gasteiger partial charge >= 0.3 is 0 Å². The minimum absolute atomic E-state index is 0.0113. The number of amides is 2. The Balaban J connectivity index is 1.51. The maximum Gasteiger partial charge on any atom is 0.225 e. The summed E-state index contributed by atoms with van der Waals surface area (Å²) in [5, 5.41) is 2.97. The van der Waals surface area contributed by atoms with E-state index in [0.29, 0.717) is 25.4 Å². The van der Waals surface area contributed by atoms with E-state index < -0.39 is 0 Å². The lowest BCUT2D eigenvalue weighted by atomic mass is 10.1. The van der Waals surface area contributed by atoms with Gasteiger partial charge in [0.25, 0.3) is 0 Å². The maximum absolute atomic E-state index is 12.0. The molecular formula is C15H17BrN2O2. The number of rotatable bonds is 4. The van der Waals surface area contributed by atoms with E-state index in [4.69, 9.17) is 0 Å². The van der Waals surface area contributed by atoms with Crippen molar-refractivity contribution in [3.63, 3.8) is 0 Å². The van der Waals surface area contributed by atoms with Crippen LogP contribution in [0.1, 0.15) is 24.8 Å². The van der Waals surface area contributed by atoms with Crippen LogP contribution in [0.25, 0.3) is 0 Å². The normalized spacial score (nSPS) is 22.1. The van der Waals surface area contributed by atoms with Crippen molar-refractivity contribution in [2.24, 2.45) is 0 Å². The van der Waals surface area contributed by atoms with Gasteiger partial charge in [-0.25, -0.2) is 0 Å². The molecule has 2 aliphatic rings. The van der Waals surface area contributed by atoms with Crippen LogP contribution in [0.5, 0.6) is 0 Å². The molecule has 1 aliphatic heterocycles. The van der Waals surface area contributed by atoms with E-state index in [1.165, 1.54) is 0 Å². The summed E-state index contributed by atoms with van der Waals surface area (Å²) in [5.41, 5.74) is 0.981. The molecule has 1 atom stereocenters. The van der Waals surface area contributed by atoms with E-state index in [0.717, 1.165) is 22.9 Å². The van der Waals surface area contributed by atoms with E-state index in [-0.39, 0.29) is 17.9 Å². The monoisotopic (exact) mass is 336 g/mol. The van der Waals surface area contributed by atoms with Crippen LogP contribution in [-0.2, 0) is 16.0 Å². The summed E-state index contributed by atoms with van der Waals surface area (Å²) in [6.07, 6.45) is 3.04. The van der Waals surface area contributed by atoms with Gasteiger partial charge in [-0.3, -0.25) is 9.59 Å². The van der Waals surface area contributed by atoms with Gasteiger partial charge in [-0.15, -0.1) is 0 Å². The number of hydrogen-bond acceptors (Lipinski definition) is 2. The third kappa shape index (κ3) is 3.20. The van der Waals surface area contributed by atoms with Gasteiger partial charge in [-0.05, 0) is 30.5 Å². The minimum atomic E-state index is -0.0222. The number of nitrogens with zero attached hydrogens (tertiary/aromatic N) is 1. The van der Waals surface area contributed by atoms with Gasteiger partial charge in [0.05, 0.1) is 12.5 Å². The zero-order valence-corrected chi connectivity index (χ0v) is 12.7. The van der Waals surface area contributed by atoms with Crippen molar-refractivity contribution in [1.29, 1.82) is 0 Å². The first-order chi connectivity index (χ1) is 9.61. The average molecular weight is 337 g/mol. The highest BCUT2D eigenvalue weighted by Gasteiger charge is 2.39. The standard InChI is InChI=1S/C15H17BrN2O2/c16-11-3-1-10(2-4-11)7-14(19)17-12-8-15(20)18(9-12)13-5-6-13/h1-4,12-13H,5-9H2,(H,17,19). The van der Waals surface area contributed by atoms with Gasteiger partial charge in [-0.1, -0.05) is 28.1 Å². The summed E-state index contributed by atoms with van der Waals surface area (Å²) >= 11 is 3.37. The van der Waals surface area contributed by atoms with Crippen LogP contribution in [0.3, 0.4) is 0 Å². The Bertz CT molecular complexity index is 525. The molecule has 1 aromatic rings. The number of halogens is 1. The number of benzene rings is 1. The highest BCUT2D eigenvalue weighted by atomic mass is 79.9. The Morgan fingerprint density at radius 3 is 2.65 bits per heavy atom. The lowest BCUT2D eigenvalue weighted by molar-refractivity contribution is -0.128. The fourth-order valence-electron chi connectivity index (χ4n) is 2.63. The van der Waals surface area contributed by atoms with Crippen molar-refractivity contribution in [2.75, 3.05) is 6.54 Å². The van der Waals surface area contributed by atoms with Gasteiger partial charge in [0.2, 0.25) is 11.8 Å². The molecule has 1 aliphatic carbocycles. The molecule has 0 aromatic heterocycles. The molecule has 2 amide bonds. The predicted molar refractivity (Wildman–Crippen MR) is 79.1 cm³/mol. The van der Waals surface area contributed by atoms with Crippen molar-refractivity contribution in [1.82, 2.24) is 10.2 Å². The van der Waals surface area contributed by atoms with E-state index in [1.54, 1.807) is 0 Å². The van der Waals surface area contributed by atoms with Crippen LogP contribution in [0, 0.1) is 0 Å². The fraction of sp³-hybridized carbons (Fsp3) is 0.467. The summed E-state index contributed by atoms with van der Waals surface area (Å²) in [4.78, 5) is 25.7. The Labute approximate surface area is 126 Å². The molecule has 2 fully saturated rings. The maximum atomic E-state index is 12.0. The summed E-state index contributed by atoms with van der Waals surface area (Å²) in [7, 11) is 0. The third-order valence-electron chi connectivity index (χ3n) is 3.79. The smallest absolute Gasteiger partial charge is 0.225 e. The first-order valence-electron chi connectivity index (χ1n) is 6.95. The van der Waals surface area contributed by atoms with Crippen molar-refractivity contribution in [3.05, 3.63) is 34.3 Å². The molecule has 0 bridgehead atoms. The van der Waals surface area contributed by atoms with Crippen LogP contribution < -0.4 is 5.32 Å². The molecule has 0 spiro atoms. The second-order valence-electron chi connectivity index (χ2n) is 5.55. The van der Waals surface area contributed by atoms with Crippen LogP contribution in [0.15, 0.2) is 28.7 Å². The molecule has 1 aromatic carbocycles. The Morgan fingerprint density at radius 2 is 2.00 bits per heavy atom. The summed E-state index contributed by atoms with van der Waals surface area (Å²) in [6, 6.07) is 8.13. The molecule has 1 saturated heterocycles. The largest absolute Gasteiger partial charge is 0.351 e. The Kier molecular flexibility index (Phi) is 3.78. The van der Waals surface area contributed by atoms with Crippen molar-refractivity contribution in [2.45, 2.75) is 37.8 Å². The van der Waals surface area contributed by atoms with Crippen LogP contribution in [-0.4, -0.2) is 35.3 Å². The van der Waals surface area contributed by atoms with Gasteiger partial charge in [0.1, 0.15) is 0 Å². The fourth-order valence-corrected chi connectivity index (χ4v) is 2.90. The third-order valence-corrected chi connectivity index (χ3v) is 4.32. The minimum Gasteiger partial charge on any atom is -0.351 e. The molecule has 5 heteroatoms. The van der Waals surface area contributed by atoms with Gasteiger partial charge in [0, 0.05) is 23.5 Å². The van der Waals surface area contributed by atoms with E-state index >= 15 is 0 Å². The topological polar surface area (TPSA) is 49.4 Å². The zero-order valence-electron chi connectivity index (χ0n) is 11.1. The SMILES string of the molecule is O=C(Cc1ccc(Br)cc1)NC1CC(=O)N(C2CC2)C1. The highest BCUT2D eigenvalue weighted by Crippen LogP contribution is 2.30. The second kappa shape index (κ2) is 5.56. The first kappa shape index (κ1) is 13.6. The first-order valence-corrected chi connectivity index (χ1v) is 7.74. The summed E-state index contributed by atoms with van der Waals surface area (Å²) < 4.78 is 1.00. The van der Waals surface area contributed by atoms with Crippen LogP contribution >= 0.6 is 15.9 Å². The molecule has 1 heterocycles. The number of nitrogens with one attached hydrogen (secondary N) is 1. The lowest BCUT2D eigenvalue weighted by Gasteiger charge is -2.16. The van der Waals surface area contributed by atoms with Crippen molar-refractivity contribution in [3.8, 4) is 0 Å². The number of hydrogen-bond donors (Lipinski definition) is 1. The molecule has 4 nitrogen and oxygen atoms in total. The second-order valence-corrected chi connectivity index (χ2v) is 6.46. The molecule has 0 radical (unpaired) electrons. The molecule has 106 valence electrons. The molecular weight excluding hydrogens is 320 g/mol. The molecule has 20 heavy (non-hydrogen) atoms. The zero-order chi connectivity index (χ0) is 14.1.